The van der Waals surface area contributed by atoms with Gasteiger partial charge in [0.1, 0.15) is 12.4 Å². The molecule has 1 aliphatic heterocycles. The highest BCUT2D eigenvalue weighted by Crippen LogP contribution is 2.24. The van der Waals surface area contributed by atoms with Crippen molar-refractivity contribution in [3.05, 3.63) is 11.9 Å². The number of hydrogen-bond acceptors (Lipinski definition) is 5. The maximum absolute atomic E-state index is 5.90. The van der Waals surface area contributed by atoms with Crippen LogP contribution in [0.3, 0.4) is 0 Å². The Hall–Kier alpha value is -1.36. The number of ether oxygens (including phenoxy) is 2. The fourth-order valence-corrected chi connectivity index (χ4v) is 1.89. The SMILES string of the molecule is CCOc1ncnc(OC2CCNCC2)c1C. The summed E-state index contributed by atoms with van der Waals surface area (Å²) in [6.45, 7) is 6.49. The lowest BCUT2D eigenvalue weighted by Gasteiger charge is -2.24. The molecule has 0 radical (unpaired) electrons. The van der Waals surface area contributed by atoms with E-state index in [1.165, 1.54) is 6.33 Å². The van der Waals surface area contributed by atoms with E-state index in [4.69, 9.17) is 9.47 Å². The molecular weight excluding hydrogens is 218 g/mol. The molecule has 1 fully saturated rings. The first-order chi connectivity index (χ1) is 8.31. The first-order valence-electron chi connectivity index (χ1n) is 6.13. The molecule has 2 heterocycles. The lowest BCUT2D eigenvalue weighted by atomic mass is 10.1. The minimum Gasteiger partial charge on any atom is -0.478 e. The first-order valence-corrected chi connectivity index (χ1v) is 6.13. The average Bonchev–Trinajstić information content (AvgIpc) is 2.36. The van der Waals surface area contributed by atoms with Gasteiger partial charge in [0.25, 0.3) is 0 Å². The largest absolute Gasteiger partial charge is 0.478 e. The standard InChI is InChI=1S/C12H19N3O2/c1-3-16-11-9(2)12(15-8-14-11)17-10-4-6-13-7-5-10/h8,10,13H,3-7H2,1-2H3. The van der Waals surface area contributed by atoms with E-state index in [9.17, 15) is 0 Å². The van der Waals surface area contributed by atoms with Gasteiger partial charge in [-0.15, -0.1) is 0 Å². The quantitative estimate of drug-likeness (QED) is 0.855. The van der Waals surface area contributed by atoms with E-state index in [-0.39, 0.29) is 6.10 Å². The maximum atomic E-state index is 5.90. The molecule has 0 spiro atoms. The molecule has 0 bridgehead atoms. The van der Waals surface area contributed by atoms with Crippen LogP contribution in [0.15, 0.2) is 6.33 Å². The van der Waals surface area contributed by atoms with Crippen LogP contribution in [0, 0.1) is 6.92 Å². The highest BCUT2D eigenvalue weighted by molar-refractivity contribution is 5.32. The van der Waals surface area contributed by atoms with Crippen molar-refractivity contribution in [2.75, 3.05) is 19.7 Å². The van der Waals surface area contributed by atoms with Crippen molar-refractivity contribution in [2.24, 2.45) is 0 Å². The normalized spacial score (nSPS) is 16.8. The average molecular weight is 237 g/mol. The monoisotopic (exact) mass is 237 g/mol. The molecule has 1 aromatic rings. The minimum absolute atomic E-state index is 0.249. The molecule has 5 heteroatoms. The Kier molecular flexibility index (Phi) is 4.14. The Morgan fingerprint density at radius 1 is 1.29 bits per heavy atom. The number of hydrogen-bond donors (Lipinski definition) is 1. The molecule has 0 unspecified atom stereocenters. The van der Waals surface area contributed by atoms with E-state index in [1.54, 1.807) is 0 Å². The predicted octanol–water partition coefficient (Wildman–Crippen LogP) is 1.31. The second-order valence-electron chi connectivity index (χ2n) is 4.11. The molecule has 0 atom stereocenters. The summed E-state index contributed by atoms with van der Waals surface area (Å²) in [6.07, 6.45) is 3.79. The molecule has 2 rings (SSSR count). The van der Waals surface area contributed by atoms with Gasteiger partial charge in [0, 0.05) is 0 Å². The molecule has 1 N–H and O–H groups in total. The summed E-state index contributed by atoms with van der Waals surface area (Å²) in [5.74, 6) is 1.27. The molecule has 1 aliphatic rings. The highest BCUT2D eigenvalue weighted by Gasteiger charge is 2.17. The second-order valence-corrected chi connectivity index (χ2v) is 4.11. The summed E-state index contributed by atoms with van der Waals surface area (Å²) in [4.78, 5) is 8.28. The van der Waals surface area contributed by atoms with E-state index >= 15 is 0 Å². The Balaban J connectivity index is 2.06. The molecule has 17 heavy (non-hydrogen) atoms. The smallest absolute Gasteiger partial charge is 0.223 e. The van der Waals surface area contributed by atoms with Gasteiger partial charge in [0.15, 0.2) is 0 Å². The van der Waals surface area contributed by atoms with Gasteiger partial charge in [0.05, 0.1) is 12.2 Å². The predicted molar refractivity (Wildman–Crippen MR) is 64.5 cm³/mol. The zero-order valence-corrected chi connectivity index (χ0v) is 10.4. The maximum Gasteiger partial charge on any atom is 0.223 e. The molecule has 0 aliphatic carbocycles. The zero-order valence-electron chi connectivity index (χ0n) is 10.4. The number of aromatic nitrogens is 2. The second kappa shape index (κ2) is 5.82. The van der Waals surface area contributed by atoms with E-state index in [0.717, 1.165) is 31.5 Å². The number of nitrogens with one attached hydrogen (secondary N) is 1. The number of nitrogens with zero attached hydrogens (tertiary/aromatic N) is 2. The van der Waals surface area contributed by atoms with Crippen LogP contribution in [0.4, 0.5) is 0 Å². The van der Waals surface area contributed by atoms with Crippen LogP contribution in [0.1, 0.15) is 25.3 Å². The fraction of sp³-hybridized carbons (Fsp3) is 0.667. The molecule has 0 aromatic carbocycles. The third kappa shape index (κ3) is 3.06. The third-order valence-corrected chi connectivity index (χ3v) is 2.84. The van der Waals surface area contributed by atoms with Gasteiger partial charge in [-0.05, 0) is 39.8 Å². The van der Waals surface area contributed by atoms with Crippen molar-refractivity contribution >= 4 is 0 Å². The van der Waals surface area contributed by atoms with E-state index in [2.05, 4.69) is 15.3 Å². The van der Waals surface area contributed by atoms with Gasteiger partial charge < -0.3 is 14.8 Å². The molecule has 0 amide bonds. The van der Waals surface area contributed by atoms with Gasteiger partial charge >= 0.3 is 0 Å². The Morgan fingerprint density at radius 2 is 2.00 bits per heavy atom. The molecule has 1 aromatic heterocycles. The summed E-state index contributed by atoms with van der Waals surface area (Å²) in [6, 6.07) is 0. The van der Waals surface area contributed by atoms with Crippen molar-refractivity contribution in [3.8, 4) is 11.8 Å². The van der Waals surface area contributed by atoms with Gasteiger partial charge in [0.2, 0.25) is 11.8 Å². The molecule has 94 valence electrons. The van der Waals surface area contributed by atoms with Crippen molar-refractivity contribution in [1.29, 1.82) is 0 Å². The van der Waals surface area contributed by atoms with Crippen LogP contribution in [0.2, 0.25) is 0 Å². The lowest BCUT2D eigenvalue weighted by molar-refractivity contribution is 0.153. The summed E-state index contributed by atoms with van der Waals surface area (Å²) in [7, 11) is 0. The topological polar surface area (TPSA) is 56.3 Å². The first kappa shape index (κ1) is 12.1. The van der Waals surface area contributed by atoms with Crippen molar-refractivity contribution in [2.45, 2.75) is 32.8 Å². The lowest BCUT2D eigenvalue weighted by Crippen LogP contribution is -2.34. The van der Waals surface area contributed by atoms with Crippen LogP contribution in [-0.4, -0.2) is 35.8 Å². The molecule has 0 saturated carbocycles. The molecular formula is C12H19N3O2. The Bertz CT molecular complexity index is 365. The Morgan fingerprint density at radius 3 is 2.71 bits per heavy atom. The van der Waals surface area contributed by atoms with Crippen LogP contribution < -0.4 is 14.8 Å². The van der Waals surface area contributed by atoms with E-state index < -0.39 is 0 Å². The van der Waals surface area contributed by atoms with Gasteiger partial charge in [-0.3, -0.25) is 0 Å². The third-order valence-electron chi connectivity index (χ3n) is 2.84. The Labute approximate surface area is 102 Å². The summed E-state index contributed by atoms with van der Waals surface area (Å²) in [5.41, 5.74) is 0.882. The van der Waals surface area contributed by atoms with E-state index in [1.807, 2.05) is 13.8 Å². The van der Waals surface area contributed by atoms with Gasteiger partial charge in [-0.25, -0.2) is 9.97 Å². The number of rotatable bonds is 4. The van der Waals surface area contributed by atoms with Gasteiger partial charge in [-0.1, -0.05) is 0 Å². The minimum atomic E-state index is 0.249. The van der Waals surface area contributed by atoms with Gasteiger partial charge in [-0.2, -0.15) is 0 Å². The highest BCUT2D eigenvalue weighted by atomic mass is 16.5. The van der Waals surface area contributed by atoms with Crippen molar-refractivity contribution in [1.82, 2.24) is 15.3 Å². The summed E-state index contributed by atoms with van der Waals surface area (Å²) in [5, 5.41) is 3.31. The van der Waals surface area contributed by atoms with Crippen LogP contribution >= 0.6 is 0 Å². The zero-order chi connectivity index (χ0) is 12.1. The summed E-state index contributed by atoms with van der Waals surface area (Å²) < 4.78 is 11.3. The molecule has 1 saturated heterocycles. The fourth-order valence-electron chi connectivity index (χ4n) is 1.89. The molecule has 5 nitrogen and oxygen atoms in total. The van der Waals surface area contributed by atoms with Crippen LogP contribution in [0.25, 0.3) is 0 Å². The van der Waals surface area contributed by atoms with Crippen molar-refractivity contribution < 1.29 is 9.47 Å². The van der Waals surface area contributed by atoms with Crippen LogP contribution in [0.5, 0.6) is 11.8 Å². The summed E-state index contributed by atoms with van der Waals surface area (Å²) >= 11 is 0. The van der Waals surface area contributed by atoms with Crippen LogP contribution in [-0.2, 0) is 0 Å². The van der Waals surface area contributed by atoms with E-state index in [0.29, 0.717) is 18.4 Å². The van der Waals surface area contributed by atoms with Crippen molar-refractivity contribution in [3.63, 3.8) is 0 Å². The number of piperidine rings is 1.